The molecule has 0 unspecified atom stereocenters. The Morgan fingerprint density at radius 3 is 1.45 bits per heavy atom. The number of hydrogen-bond donors (Lipinski definition) is 3. The van der Waals surface area contributed by atoms with Crippen LogP contribution in [0.4, 0.5) is 0 Å². The van der Waals surface area contributed by atoms with E-state index in [0.717, 1.165) is 19.3 Å². The van der Waals surface area contributed by atoms with Crippen molar-refractivity contribution in [3.05, 3.63) is 36.4 Å². The molecule has 162 valence electrons. The Morgan fingerprint density at radius 2 is 1.00 bits per heavy atom. The minimum Gasteiger partial charge on any atom is -0.508 e. The van der Waals surface area contributed by atoms with Crippen LogP contribution in [0.25, 0.3) is 0 Å². The smallest absolute Gasteiger partial charge is 0.126 e. The van der Waals surface area contributed by atoms with E-state index in [-0.39, 0.29) is 17.2 Å². The summed E-state index contributed by atoms with van der Waals surface area (Å²) in [7, 11) is 1.66. The summed E-state index contributed by atoms with van der Waals surface area (Å²) in [6.45, 7) is 6.46. The number of methoxy groups -OCH3 is 1. The van der Waals surface area contributed by atoms with Crippen LogP contribution < -0.4 is 14.2 Å². The molecule has 2 aromatic carbocycles. The number of hydrogen-bond acceptors (Lipinski definition) is 7. The van der Waals surface area contributed by atoms with Crippen LogP contribution in [-0.2, 0) is 4.74 Å². The summed E-state index contributed by atoms with van der Waals surface area (Å²) in [4.78, 5) is 0. The maximum Gasteiger partial charge on any atom is 0.126 e. The van der Waals surface area contributed by atoms with Crippen molar-refractivity contribution >= 4 is 0 Å². The fourth-order valence-electron chi connectivity index (χ4n) is 2.21. The Balaban J connectivity index is 0.000000308. The minimum absolute atomic E-state index is 0.0149. The first kappa shape index (κ1) is 24.2. The standard InChI is InChI=1S/C13H20O4.C9H12O3/c1-3-5-16-12-8-11(14)9-13(10-12)17-7-4-6-15-2;1-2-3-12-9-5-7(10)4-8(11)6-9/h8-10,14H,3-7H2,1-2H3;4-6,10-11H,2-3H2,1H3. The predicted molar refractivity (Wildman–Crippen MR) is 111 cm³/mol. The van der Waals surface area contributed by atoms with E-state index >= 15 is 0 Å². The summed E-state index contributed by atoms with van der Waals surface area (Å²) in [5, 5.41) is 27.6. The van der Waals surface area contributed by atoms with Gasteiger partial charge in [-0.15, -0.1) is 0 Å². The fraction of sp³-hybridized carbons (Fsp3) is 0.455. The van der Waals surface area contributed by atoms with Crippen molar-refractivity contribution in [1.82, 2.24) is 0 Å². The summed E-state index contributed by atoms with van der Waals surface area (Å²) in [6.07, 6.45) is 2.65. The molecule has 0 aromatic heterocycles. The lowest BCUT2D eigenvalue weighted by molar-refractivity contribution is 0.172. The Morgan fingerprint density at radius 1 is 0.586 bits per heavy atom. The monoisotopic (exact) mass is 408 g/mol. The molecule has 0 aliphatic rings. The van der Waals surface area contributed by atoms with Gasteiger partial charge in [0.2, 0.25) is 0 Å². The molecule has 2 rings (SSSR count). The second kappa shape index (κ2) is 14.2. The van der Waals surface area contributed by atoms with Crippen LogP contribution in [0.5, 0.6) is 34.5 Å². The first-order valence-electron chi connectivity index (χ1n) is 9.72. The minimum atomic E-state index is 0.0149. The Hall–Kier alpha value is -2.80. The molecule has 0 bridgehead atoms. The molecule has 0 radical (unpaired) electrons. The zero-order valence-electron chi connectivity index (χ0n) is 17.4. The third-order valence-electron chi connectivity index (χ3n) is 3.45. The average Bonchev–Trinajstić information content (AvgIpc) is 2.67. The molecule has 7 nitrogen and oxygen atoms in total. The zero-order chi connectivity index (χ0) is 21.5. The van der Waals surface area contributed by atoms with Crippen molar-refractivity contribution in [2.75, 3.05) is 33.5 Å². The van der Waals surface area contributed by atoms with Crippen molar-refractivity contribution in [2.24, 2.45) is 0 Å². The van der Waals surface area contributed by atoms with E-state index in [1.165, 1.54) is 18.2 Å². The molecule has 0 spiro atoms. The van der Waals surface area contributed by atoms with Gasteiger partial charge < -0.3 is 34.3 Å². The summed E-state index contributed by atoms with van der Waals surface area (Å²) in [6, 6.07) is 9.13. The number of ether oxygens (including phenoxy) is 4. The van der Waals surface area contributed by atoms with E-state index in [4.69, 9.17) is 29.2 Å². The molecular weight excluding hydrogens is 376 g/mol. The zero-order valence-corrected chi connectivity index (χ0v) is 17.4. The molecule has 0 heterocycles. The van der Waals surface area contributed by atoms with Gasteiger partial charge in [-0.05, 0) is 12.8 Å². The molecule has 0 fully saturated rings. The highest BCUT2D eigenvalue weighted by atomic mass is 16.5. The third kappa shape index (κ3) is 10.9. The van der Waals surface area contributed by atoms with Crippen LogP contribution in [0.2, 0.25) is 0 Å². The Bertz CT molecular complexity index is 683. The predicted octanol–water partition coefficient (Wildman–Crippen LogP) is 4.48. The van der Waals surface area contributed by atoms with E-state index < -0.39 is 0 Å². The lowest BCUT2D eigenvalue weighted by atomic mass is 10.3. The van der Waals surface area contributed by atoms with Crippen molar-refractivity contribution in [3.8, 4) is 34.5 Å². The van der Waals surface area contributed by atoms with Gasteiger partial charge in [0.1, 0.15) is 34.5 Å². The molecule has 3 N–H and O–H groups in total. The van der Waals surface area contributed by atoms with E-state index in [9.17, 15) is 5.11 Å². The molecule has 0 saturated heterocycles. The highest BCUT2D eigenvalue weighted by molar-refractivity contribution is 5.41. The van der Waals surface area contributed by atoms with E-state index in [1.54, 1.807) is 25.3 Å². The number of rotatable bonds is 11. The topological polar surface area (TPSA) is 97.6 Å². The lowest BCUT2D eigenvalue weighted by Crippen LogP contribution is -2.02. The van der Waals surface area contributed by atoms with Crippen LogP contribution in [0.15, 0.2) is 36.4 Å². The number of phenolic OH excluding ortho intramolecular Hbond substituents is 3. The first-order valence-corrected chi connectivity index (χ1v) is 9.72. The molecule has 7 heteroatoms. The highest BCUT2D eigenvalue weighted by Crippen LogP contribution is 2.27. The van der Waals surface area contributed by atoms with Crippen LogP contribution in [0.1, 0.15) is 33.1 Å². The molecule has 0 amide bonds. The van der Waals surface area contributed by atoms with Gasteiger partial charge in [0.15, 0.2) is 0 Å². The number of phenols is 3. The molecule has 0 atom stereocenters. The SMILES string of the molecule is CCCOc1cc(O)cc(O)c1.CCCOc1cc(O)cc(OCCCOC)c1. The van der Waals surface area contributed by atoms with Crippen molar-refractivity contribution in [1.29, 1.82) is 0 Å². The van der Waals surface area contributed by atoms with Gasteiger partial charge in [-0.2, -0.15) is 0 Å². The molecule has 0 aliphatic carbocycles. The average molecular weight is 408 g/mol. The Kier molecular flexibility index (Phi) is 11.9. The van der Waals surface area contributed by atoms with Gasteiger partial charge >= 0.3 is 0 Å². The second-order valence-corrected chi connectivity index (χ2v) is 6.24. The number of benzene rings is 2. The van der Waals surface area contributed by atoms with Gasteiger partial charge in [-0.1, -0.05) is 13.8 Å². The summed E-state index contributed by atoms with van der Waals surface area (Å²) in [5.74, 6) is 1.93. The third-order valence-corrected chi connectivity index (χ3v) is 3.45. The molecule has 29 heavy (non-hydrogen) atoms. The molecular formula is C22H32O7. The van der Waals surface area contributed by atoms with Gasteiger partial charge in [0.05, 0.1) is 19.8 Å². The van der Waals surface area contributed by atoms with Gasteiger partial charge in [-0.25, -0.2) is 0 Å². The maximum absolute atomic E-state index is 9.51. The van der Waals surface area contributed by atoms with Gasteiger partial charge in [0, 0.05) is 56.5 Å². The molecule has 2 aromatic rings. The van der Waals surface area contributed by atoms with E-state index in [2.05, 4.69) is 0 Å². The fourth-order valence-corrected chi connectivity index (χ4v) is 2.21. The summed E-state index contributed by atoms with van der Waals surface area (Å²) >= 11 is 0. The van der Waals surface area contributed by atoms with Crippen molar-refractivity contribution < 1.29 is 34.3 Å². The summed E-state index contributed by atoms with van der Waals surface area (Å²) < 4.78 is 21.1. The van der Waals surface area contributed by atoms with Crippen molar-refractivity contribution in [2.45, 2.75) is 33.1 Å². The number of aromatic hydroxyl groups is 3. The van der Waals surface area contributed by atoms with Gasteiger partial charge in [-0.3, -0.25) is 0 Å². The lowest BCUT2D eigenvalue weighted by Gasteiger charge is -2.09. The van der Waals surface area contributed by atoms with Crippen LogP contribution >= 0.6 is 0 Å². The van der Waals surface area contributed by atoms with Crippen molar-refractivity contribution in [3.63, 3.8) is 0 Å². The highest BCUT2D eigenvalue weighted by Gasteiger charge is 2.02. The van der Waals surface area contributed by atoms with Crippen LogP contribution in [0, 0.1) is 0 Å². The first-order chi connectivity index (χ1) is 14.0. The largest absolute Gasteiger partial charge is 0.508 e. The maximum atomic E-state index is 9.51. The normalized spacial score (nSPS) is 10.0. The Labute approximate surface area is 172 Å². The van der Waals surface area contributed by atoms with E-state index in [1.807, 2.05) is 13.8 Å². The second-order valence-electron chi connectivity index (χ2n) is 6.24. The molecule has 0 aliphatic heterocycles. The molecule has 0 saturated carbocycles. The van der Waals surface area contributed by atoms with E-state index in [0.29, 0.717) is 43.7 Å². The summed E-state index contributed by atoms with van der Waals surface area (Å²) in [5.41, 5.74) is 0. The quantitative estimate of drug-likeness (QED) is 0.472. The van der Waals surface area contributed by atoms with Crippen LogP contribution in [-0.4, -0.2) is 48.9 Å². The van der Waals surface area contributed by atoms with Gasteiger partial charge in [0.25, 0.3) is 0 Å². The van der Waals surface area contributed by atoms with Crippen LogP contribution in [0.3, 0.4) is 0 Å².